The second-order valence-electron chi connectivity index (χ2n) is 7.33. The van der Waals surface area contributed by atoms with E-state index in [1.807, 2.05) is 0 Å². The molecule has 5 N–H and O–H groups in total. The van der Waals surface area contributed by atoms with Gasteiger partial charge in [0.15, 0.2) is 0 Å². The Morgan fingerprint density at radius 3 is 2.97 bits per heavy atom. The van der Waals surface area contributed by atoms with Crippen molar-refractivity contribution >= 4 is 29.8 Å². The molecule has 3 rings (SSSR count). The van der Waals surface area contributed by atoms with E-state index in [-0.39, 0.29) is 18.9 Å². The lowest BCUT2D eigenvalue weighted by atomic mass is 10.1. The number of cyclic esters (lactones) is 1. The van der Waals surface area contributed by atoms with Crippen molar-refractivity contribution in [3.8, 4) is 11.1 Å². The number of nitrogens with zero attached hydrogens (tertiary/aromatic N) is 4. The number of carbonyl (C=O) groups is 1. The van der Waals surface area contributed by atoms with E-state index < -0.39 is 18.0 Å². The Morgan fingerprint density at radius 2 is 2.30 bits per heavy atom. The molecule has 11 heteroatoms. The number of halogens is 1. The molecular formula is C22H26FN7O3. The van der Waals surface area contributed by atoms with E-state index in [0.29, 0.717) is 35.7 Å². The molecule has 1 unspecified atom stereocenters. The van der Waals surface area contributed by atoms with Crippen LogP contribution in [0.5, 0.6) is 0 Å². The minimum Gasteiger partial charge on any atom is -0.515 e. The molecular weight excluding hydrogens is 429 g/mol. The molecule has 1 fully saturated rings. The molecule has 1 aliphatic rings. The van der Waals surface area contributed by atoms with Crippen LogP contribution in [-0.4, -0.2) is 72.6 Å². The highest BCUT2D eigenvalue weighted by Crippen LogP contribution is 2.29. The summed E-state index contributed by atoms with van der Waals surface area (Å²) in [6.07, 6.45) is 3.68. The molecule has 1 aromatic carbocycles. The number of likely N-dealkylation sites (N-methyl/N-ethyl adjacent to an activating group) is 1. The smallest absolute Gasteiger partial charge is 0.414 e. The van der Waals surface area contributed by atoms with E-state index in [1.54, 1.807) is 42.4 Å². The number of aliphatic hydroxyl groups excluding tert-OH is 1. The van der Waals surface area contributed by atoms with E-state index in [0.717, 1.165) is 6.26 Å². The molecule has 10 nitrogen and oxygen atoms in total. The molecule has 2 heterocycles. The summed E-state index contributed by atoms with van der Waals surface area (Å²) in [5.41, 5.74) is 6.90. The largest absolute Gasteiger partial charge is 0.515 e. The van der Waals surface area contributed by atoms with Crippen LogP contribution in [0.4, 0.5) is 20.7 Å². The lowest BCUT2D eigenvalue weighted by Crippen LogP contribution is -2.25. The van der Waals surface area contributed by atoms with Crippen molar-refractivity contribution in [2.24, 2.45) is 10.7 Å². The minimum absolute atomic E-state index is 0.107. The molecule has 1 atom stereocenters. The number of rotatable bonds is 10. The van der Waals surface area contributed by atoms with E-state index in [4.69, 9.17) is 21.0 Å². The van der Waals surface area contributed by atoms with Crippen LogP contribution in [0, 0.1) is 11.2 Å². The summed E-state index contributed by atoms with van der Waals surface area (Å²) in [4.78, 5) is 23.6. The lowest BCUT2D eigenvalue weighted by molar-refractivity contribution is 0.145. The van der Waals surface area contributed by atoms with Gasteiger partial charge >= 0.3 is 6.09 Å². The topological polar surface area (TPSA) is 140 Å². The van der Waals surface area contributed by atoms with Crippen LogP contribution >= 0.6 is 0 Å². The first-order chi connectivity index (χ1) is 15.9. The first-order valence-electron chi connectivity index (χ1n) is 10.2. The SMILES string of the molecule is CN(C=N)CCNc1ccc(-c2ccc(N3CC(CN=C(N)/C=C\O)OC3=O)cc2F)cn1. The highest BCUT2D eigenvalue weighted by Gasteiger charge is 2.32. The fourth-order valence-corrected chi connectivity index (χ4v) is 3.15. The number of hydrogen-bond acceptors (Lipinski definition) is 7. The fourth-order valence-electron chi connectivity index (χ4n) is 3.15. The van der Waals surface area contributed by atoms with Gasteiger partial charge in [0.05, 0.1) is 31.4 Å². The number of nitrogens with one attached hydrogen (secondary N) is 2. The number of aliphatic hydroxyl groups is 1. The van der Waals surface area contributed by atoms with Crippen molar-refractivity contribution in [2.45, 2.75) is 6.10 Å². The number of aromatic nitrogens is 1. The van der Waals surface area contributed by atoms with Crippen molar-refractivity contribution in [1.82, 2.24) is 9.88 Å². The third-order valence-electron chi connectivity index (χ3n) is 4.93. The first-order valence-corrected chi connectivity index (χ1v) is 10.2. The average molecular weight is 455 g/mol. The number of pyridine rings is 1. The number of aliphatic imine (C=N–C) groups is 1. The number of benzene rings is 1. The molecule has 1 saturated heterocycles. The van der Waals surface area contributed by atoms with Gasteiger partial charge in [-0.2, -0.15) is 0 Å². The van der Waals surface area contributed by atoms with E-state index in [2.05, 4.69) is 15.3 Å². The van der Waals surface area contributed by atoms with Gasteiger partial charge < -0.3 is 25.8 Å². The van der Waals surface area contributed by atoms with Crippen LogP contribution in [-0.2, 0) is 4.74 Å². The summed E-state index contributed by atoms with van der Waals surface area (Å²) in [5.74, 6) is 0.267. The van der Waals surface area contributed by atoms with Crippen molar-refractivity contribution in [3.05, 3.63) is 54.7 Å². The highest BCUT2D eigenvalue weighted by atomic mass is 19.1. The van der Waals surface area contributed by atoms with E-state index >= 15 is 0 Å². The second-order valence-corrected chi connectivity index (χ2v) is 7.33. The molecule has 0 aliphatic carbocycles. The highest BCUT2D eigenvalue weighted by molar-refractivity contribution is 5.92. The molecule has 174 valence electrons. The predicted molar refractivity (Wildman–Crippen MR) is 125 cm³/mol. The molecule has 2 aromatic rings. The quantitative estimate of drug-likeness (QED) is 0.245. The van der Waals surface area contributed by atoms with Gasteiger partial charge in [0.25, 0.3) is 0 Å². The molecule has 0 radical (unpaired) electrons. The molecule has 1 aromatic heterocycles. The lowest BCUT2D eigenvalue weighted by Gasteiger charge is -2.15. The van der Waals surface area contributed by atoms with Gasteiger partial charge in [0.1, 0.15) is 23.6 Å². The van der Waals surface area contributed by atoms with Crippen molar-refractivity contribution in [1.29, 1.82) is 5.41 Å². The Morgan fingerprint density at radius 1 is 1.48 bits per heavy atom. The van der Waals surface area contributed by atoms with Crippen LogP contribution in [0.2, 0.25) is 0 Å². The summed E-state index contributed by atoms with van der Waals surface area (Å²) in [7, 11) is 1.81. The maximum absolute atomic E-state index is 14.9. The van der Waals surface area contributed by atoms with E-state index in [9.17, 15) is 9.18 Å². The maximum Gasteiger partial charge on any atom is 0.414 e. The third-order valence-corrected chi connectivity index (χ3v) is 4.93. The number of nitrogens with two attached hydrogens (primary N) is 1. The van der Waals surface area contributed by atoms with Crippen molar-refractivity contribution < 1.29 is 19.0 Å². The fraction of sp³-hybridized carbons (Fsp3) is 0.273. The minimum atomic E-state index is -0.593. The summed E-state index contributed by atoms with van der Waals surface area (Å²) in [5, 5.41) is 19.0. The number of ether oxygens (including phenoxy) is 1. The van der Waals surface area contributed by atoms with E-state index in [1.165, 1.54) is 23.4 Å². The Kier molecular flexibility index (Phi) is 7.79. The summed E-state index contributed by atoms with van der Waals surface area (Å²) in [6.45, 7) is 1.60. The molecule has 33 heavy (non-hydrogen) atoms. The normalized spacial score (nSPS) is 16.2. The summed E-state index contributed by atoms with van der Waals surface area (Å²) in [6, 6.07) is 8.04. The van der Waals surface area contributed by atoms with Crippen LogP contribution in [0.3, 0.4) is 0 Å². The molecule has 0 bridgehead atoms. The third kappa shape index (κ3) is 6.19. The van der Waals surface area contributed by atoms with Gasteiger partial charge in [0, 0.05) is 43.5 Å². The zero-order chi connectivity index (χ0) is 23.8. The molecule has 1 amide bonds. The van der Waals surface area contributed by atoms with Gasteiger partial charge in [-0.3, -0.25) is 15.3 Å². The molecule has 0 saturated carbocycles. The zero-order valence-corrected chi connectivity index (χ0v) is 18.1. The number of amides is 1. The predicted octanol–water partition coefficient (Wildman–Crippen LogP) is 2.59. The van der Waals surface area contributed by atoms with Crippen LogP contribution < -0.4 is 16.0 Å². The monoisotopic (exact) mass is 455 g/mol. The summed E-state index contributed by atoms with van der Waals surface area (Å²) < 4.78 is 20.1. The number of amidine groups is 1. The Hall–Kier alpha value is -4.15. The van der Waals surface area contributed by atoms with Gasteiger partial charge in [-0.1, -0.05) is 0 Å². The van der Waals surface area contributed by atoms with Crippen LogP contribution in [0.25, 0.3) is 11.1 Å². The Bertz CT molecular complexity index is 1040. The van der Waals surface area contributed by atoms with Gasteiger partial charge in [-0.05, 0) is 30.3 Å². The standard InChI is InChI=1S/C22H26FN7O3/c1-29(14-24)8-7-26-21-5-2-15(11-28-21)18-4-3-16(10-19(18)23)30-13-17(33-22(30)32)12-27-20(25)6-9-31/h2-6,9-11,14,17,24,31H,7-8,12-13H2,1H3,(H2,25,27)(H,26,28)/b9-6-,24-14?. The summed E-state index contributed by atoms with van der Waals surface area (Å²) >= 11 is 0. The maximum atomic E-state index is 14.9. The Balaban J connectivity index is 1.64. The second kappa shape index (κ2) is 10.9. The molecule has 0 spiro atoms. The zero-order valence-electron chi connectivity index (χ0n) is 18.1. The van der Waals surface area contributed by atoms with Crippen molar-refractivity contribution in [2.75, 3.05) is 43.4 Å². The first kappa shape index (κ1) is 23.5. The number of hydrogen-bond donors (Lipinski definition) is 4. The molecule has 1 aliphatic heterocycles. The Labute approximate surface area is 190 Å². The van der Waals surface area contributed by atoms with Crippen molar-refractivity contribution in [3.63, 3.8) is 0 Å². The van der Waals surface area contributed by atoms with Gasteiger partial charge in [-0.15, -0.1) is 0 Å². The van der Waals surface area contributed by atoms with Gasteiger partial charge in [0.2, 0.25) is 0 Å². The van der Waals surface area contributed by atoms with Gasteiger partial charge in [-0.25, -0.2) is 14.2 Å². The average Bonchev–Trinajstić information content (AvgIpc) is 3.19. The number of carbonyl (C=O) groups excluding carboxylic acids is 1. The van der Waals surface area contributed by atoms with Crippen LogP contribution in [0.1, 0.15) is 0 Å². The number of anilines is 2. The van der Waals surface area contributed by atoms with Crippen LogP contribution in [0.15, 0.2) is 53.9 Å².